The number of rotatable bonds is 6. The standard InChI is InChI=1S/C22H18O7/c1-13(19(23)24)17(15-9-5-3-6-10-15)21(27)29-22(28)18(14(2)20(25)26)16-11-7-4-8-12-16/h3-12H,1-2H3,(H,23,24)(H,25,26)/b17-13-,18-14-. The van der Waals surface area contributed by atoms with Crippen LogP contribution < -0.4 is 0 Å². The quantitative estimate of drug-likeness (QED) is 0.439. The van der Waals surface area contributed by atoms with Crippen LogP contribution in [0.15, 0.2) is 71.8 Å². The molecule has 0 aliphatic heterocycles. The summed E-state index contributed by atoms with van der Waals surface area (Å²) < 4.78 is 4.91. The molecule has 0 aromatic heterocycles. The molecule has 0 atom stereocenters. The molecule has 0 radical (unpaired) electrons. The van der Waals surface area contributed by atoms with E-state index in [4.69, 9.17) is 4.74 Å². The van der Waals surface area contributed by atoms with Crippen molar-refractivity contribution in [2.45, 2.75) is 13.8 Å². The molecule has 148 valence electrons. The van der Waals surface area contributed by atoms with Gasteiger partial charge in [-0.2, -0.15) is 0 Å². The first-order chi connectivity index (χ1) is 13.7. The van der Waals surface area contributed by atoms with Gasteiger partial charge in [-0.3, -0.25) is 0 Å². The van der Waals surface area contributed by atoms with Crippen molar-refractivity contribution in [3.05, 3.63) is 82.9 Å². The van der Waals surface area contributed by atoms with Gasteiger partial charge in [0.15, 0.2) is 0 Å². The molecule has 0 saturated heterocycles. The Labute approximate surface area is 166 Å². The number of carboxylic acids is 2. The molecule has 2 N–H and O–H groups in total. The Morgan fingerprint density at radius 1 is 0.621 bits per heavy atom. The minimum atomic E-state index is -1.35. The number of benzene rings is 2. The summed E-state index contributed by atoms with van der Waals surface area (Å²) in [5.41, 5.74) is -0.710. The summed E-state index contributed by atoms with van der Waals surface area (Å²) >= 11 is 0. The predicted octanol–water partition coefficient (Wildman–Crippen LogP) is 3.17. The Bertz CT molecular complexity index is 932. The van der Waals surface area contributed by atoms with Crippen LogP contribution in [-0.2, 0) is 23.9 Å². The van der Waals surface area contributed by atoms with Crippen LogP contribution in [-0.4, -0.2) is 34.1 Å². The fourth-order valence-corrected chi connectivity index (χ4v) is 2.58. The van der Waals surface area contributed by atoms with Gasteiger partial charge in [-0.1, -0.05) is 60.7 Å². The Morgan fingerprint density at radius 2 is 0.931 bits per heavy atom. The van der Waals surface area contributed by atoms with E-state index in [0.29, 0.717) is 0 Å². The van der Waals surface area contributed by atoms with E-state index in [1.54, 1.807) is 36.4 Å². The van der Waals surface area contributed by atoms with Gasteiger partial charge in [0.1, 0.15) is 0 Å². The smallest absolute Gasteiger partial charge is 0.347 e. The van der Waals surface area contributed by atoms with Crippen molar-refractivity contribution >= 4 is 35.0 Å². The minimum Gasteiger partial charge on any atom is -0.478 e. The minimum absolute atomic E-state index is 0.255. The average Bonchev–Trinajstić information content (AvgIpc) is 2.69. The third kappa shape index (κ3) is 5.04. The summed E-state index contributed by atoms with van der Waals surface area (Å²) in [5.74, 6) is -5.08. The second-order valence-corrected chi connectivity index (χ2v) is 6.02. The van der Waals surface area contributed by atoms with Gasteiger partial charge in [0.05, 0.1) is 11.1 Å². The number of hydrogen-bond acceptors (Lipinski definition) is 5. The topological polar surface area (TPSA) is 118 Å². The number of hydrogen-bond donors (Lipinski definition) is 2. The first-order valence-electron chi connectivity index (χ1n) is 8.49. The lowest BCUT2D eigenvalue weighted by Gasteiger charge is -2.12. The number of esters is 2. The highest BCUT2D eigenvalue weighted by atomic mass is 16.6. The molecule has 0 aliphatic rings. The van der Waals surface area contributed by atoms with Crippen molar-refractivity contribution in [3.63, 3.8) is 0 Å². The summed E-state index contributed by atoms with van der Waals surface area (Å²) in [6.45, 7) is 2.43. The second kappa shape index (κ2) is 9.27. The molecule has 0 heterocycles. The van der Waals surface area contributed by atoms with Crippen molar-refractivity contribution in [2.24, 2.45) is 0 Å². The van der Waals surface area contributed by atoms with Crippen molar-refractivity contribution in [1.82, 2.24) is 0 Å². The number of carbonyl (C=O) groups is 4. The highest BCUT2D eigenvalue weighted by Gasteiger charge is 2.27. The molecular weight excluding hydrogens is 376 g/mol. The molecule has 0 bridgehead atoms. The summed E-state index contributed by atoms with van der Waals surface area (Å²) in [7, 11) is 0. The first kappa shape index (κ1) is 21.3. The molecule has 0 fully saturated rings. The average molecular weight is 394 g/mol. The van der Waals surface area contributed by atoms with Gasteiger partial charge in [0.25, 0.3) is 0 Å². The van der Waals surface area contributed by atoms with E-state index < -0.39 is 23.9 Å². The van der Waals surface area contributed by atoms with E-state index in [1.165, 1.54) is 38.1 Å². The summed E-state index contributed by atoms with van der Waals surface area (Å²) in [6.07, 6.45) is 0. The van der Waals surface area contributed by atoms with Gasteiger partial charge in [-0.05, 0) is 25.0 Å². The summed E-state index contributed by atoms with van der Waals surface area (Å²) in [6, 6.07) is 15.8. The highest BCUT2D eigenvalue weighted by molar-refractivity contribution is 6.30. The normalized spacial score (nSPS) is 12.3. The zero-order valence-corrected chi connectivity index (χ0v) is 15.7. The zero-order valence-electron chi connectivity index (χ0n) is 15.7. The fourth-order valence-electron chi connectivity index (χ4n) is 2.58. The lowest BCUT2D eigenvalue weighted by atomic mass is 9.99. The molecule has 2 aromatic rings. The van der Waals surface area contributed by atoms with Crippen LogP contribution in [0.1, 0.15) is 25.0 Å². The zero-order chi connectivity index (χ0) is 21.6. The number of carboxylic acid groups (broad SMARTS) is 2. The van der Waals surface area contributed by atoms with Crippen molar-refractivity contribution in [3.8, 4) is 0 Å². The van der Waals surface area contributed by atoms with E-state index in [9.17, 15) is 29.4 Å². The number of carbonyl (C=O) groups excluding carboxylic acids is 2. The molecule has 29 heavy (non-hydrogen) atoms. The SMILES string of the molecule is C/C(C(=O)O)=C(/C(=O)OC(=O)/C(=C(/C)C(=O)O)c1ccccc1)c1ccccc1. The second-order valence-electron chi connectivity index (χ2n) is 6.02. The van der Waals surface area contributed by atoms with E-state index in [-0.39, 0.29) is 33.4 Å². The summed E-state index contributed by atoms with van der Waals surface area (Å²) in [5, 5.41) is 18.6. The van der Waals surface area contributed by atoms with Gasteiger partial charge in [-0.25, -0.2) is 19.2 Å². The van der Waals surface area contributed by atoms with Crippen molar-refractivity contribution in [1.29, 1.82) is 0 Å². The molecule has 0 unspecified atom stereocenters. The maximum atomic E-state index is 12.7. The molecule has 7 nitrogen and oxygen atoms in total. The fraction of sp³-hybridized carbons (Fsp3) is 0.0909. The number of ether oxygens (including phenoxy) is 1. The van der Waals surface area contributed by atoms with Crippen LogP contribution in [0.2, 0.25) is 0 Å². The lowest BCUT2D eigenvalue weighted by molar-refractivity contribution is -0.151. The molecule has 0 saturated carbocycles. The Morgan fingerprint density at radius 3 is 1.21 bits per heavy atom. The molecule has 0 aliphatic carbocycles. The number of aliphatic carboxylic acids is 2. The van der Waals surface area contributed by atoms with Gasteiger partial charge in [-0.15, -0.1) is 0 Å². The van der Waals surface area contributed by atoms with Crippen LogP contribution in [0.25, 0.3) is 11.1 Å². The lowest BCUT2D eigenvalue weighted by Crippen LogP contribution is -2.19. The third-order valence-corrected chi connectivity index (χ3v) is 4.11. The van der Waals surface area contributed by atoms with Gasteiger partial charge < -0.3 is 14.9 Å². The third-order valence-electron chi connectivity index (χ3n) is 4.11. The molecule has 7 heteroatoms. The maximum absolute atomic E-state index is 12.7. The van der Waals surface area contributed by atoms with Gasteiger partial charge >= 0.3 is 23.9 Å². The molecule has 0 spiro atoms. The van der Waals surface area contributed by atoms with Crippen molar-refractivity contribution in [2.75, 3.05) is 0 Å². The van der Waals surface area contributed by atoms with Crippen LogP contribution in [0.5, 0.6) is 0 Å². The molecule has 2 aromatic carbocycles. The van der Waals surface area contributed by atoms with Crippen LogP contribution >= 0.6 is 0 Å². The van der Waals surface area contributed by atoms with Crippen LogP contribution in [0.3, 0.4) is 0 Å². The van der Waals surface area contributed by atoms with Crippen LogP contribution in [0.4, 0.5) is 0 Å². The van der Waals surface area contributed by atoms with Crippen molar-refractivity contribution < 1.29 is 34.1 Å². The Hall–Kier alpha value is -4.00. The molecular formula is C22H18O7. The molecule has 2 rings (SSSR count). The van der Waals surface area contributed by atoms with E-state index in [2.05, 4.69) is 0 Å². The van der Waals surface area contributed by atoms with Gasteiger partial charge in [0.2, 0.25) is 0 Å². The first-order valence-corrected chi connectivity index (χ1v) is 8.49. The highest BCUT2D eigenvalue weighted by Crippen LogP contribution is 2.25. The van der Waals surface area contributed by atoms with E-state index in [0.717, 1.165) is 0 Å². The van der Waals surface area contributed by atoms with Gasteiger partial charge in [0, 0.05) is 11.1 Å². The molecule has 0 amide bonds. The van der Waals surface area contributed by atoms with Crippen LogP contribution in [0, 0.1) is 0 Å². The Balaban J connectivity index is 2.49. The van der Waals surface area contributed by atoms with E-state index in [1.807, 2.05) is 0 Å². The largest absolute Gasteiger partial charge is 0.478 e. The monoisotopic (exact) mass is 394 g/mol. The Kier molecular flexibility index (Phi) is 6.81. The maximum Gasteiger partial charge on any atom is 0.347 e. The summed E-state index contributed by atoms with van der Waals surface area (Å²) in [4.78, 5) is 48.2. The van der Waals surface area contributed by atoms with E-state index >= 15 is 0 Å². The predicted molar refractivity (Wildman–Crippen MR) is 104 cm³/mol.